The molecule has 0 aromatic heterocycles. The van der Waals surface area contributed by atoms with Gasteiger partial charge in [-0.15, -0.1) is 12.4 Å². The molecule has 0 saturated carbocycles. The molecule has 0 radical (unpaired) electrons. The standard InChI is InChI=1S/C18H27FN2O3.ClH/c1-12(2)15(20)9-10-21(3)18(23)8-6-16(22)13-5-7-17(24-4)14(19)11-13;/h5,7,11-12,15H,6,8-10,20H2,1-4H3;1H. The summed E-state index contributed by atoms with van der Waals surface area (Å²) in [6.45, 7) is 4.64. The number of benzene rings is 1. The Hall–Kier alpha value is -1.66. The molecule has 142 valence electrons. The summed E-state index contributed by atoms with van der Waals surface area (Å²) in [5.74, 6) is -0.524. The van der Waals surface area contributed by atoms with Crippen molar-refractivity contribution in [3.63, 3.8) is 0 Å². The van der Waals surface area contributed by atoms with Crippen LogP contribution in [-0.2, 0) is 4.79 Å². The quantitative estimate of drug-likeness (QED) is 0.674. The van der Waals surface area contributed by atoms with Gasteiger partial charge < -0.3 is 15.4 Å². The number of ketones is 1. The topological polar surface area (TPSA) is 72.6 Å². The Morgan fingerprint density at radius 3 is 2.44 bits per heavy atom. The zero-order chi connectivity index (χ0) is 18.3. The zero-order valence-electron chi connectivity index (χ0n) is 15.3. The van der Waals surface area contributed by atoms with E-state index in [2.05, 4.69) is 0 Å². The van der Waals surface area contributed by atoms with Crippen LogP contribution >= 0.6 is 12.4 Å². The second-order valence-electron chi connectivity index (χ2n) is 6.28. The van der Waals surface area contributed by atoms with E-state index in [1.54, 1.807) is 11.9 Å². The van der Waals surface area contributed by atoms with Gasteiger partial charge in [-0.3, -0.25) is 9.59 Å². The van der Waals surface area contributed by atoms with Gasteiger partial charge in [0.05, 0.1) is 7.11 Å². The smallest absolute Gasteiger partial charge is 0.222 e. The van der Waals surface area contributed by atoms with Crippen molar-refractivity contribution < 1.29 is 18.7 Å². The largest absolute Gasteiger partial charge is 0.494 e. The van der Waals surface area contributed by atoms with Crippen LogP contribution in [0.15, 0.2) is 18.2 Å². The first-order valence-corrected chi connectivity index (χ1v) is 8.12. The second kappa shape index (κ2) is 11.1. The minimum absolute atomic E-state index is 0. The van der Waals surface area contributed by atoms with E-state index in [0.29, 0.717) is 12.5 Å². The maximum atomic E-state index is 13.6. The number of hydrogen-bond donors (Lipinski definition) is 1. The van der Waals surface area contributed by atoms with Crippen molar-refractivity contribution in [2.75, 3.05) is 20.7 Å². The Morgan fingerprint density at radius 2 is 1.92 bits per heavy atom. The first kappa shape index (κ1) is 23.3. The second-order valence-corrected chi connectivity index (χ2v) is 6.28. The first-order chi connectivity index (χ1) is 11.3. The van der Waals surface area contributed by atoms with E-state index in [1.807, 2.05) is 13.8 Å². The summed E-state index contributed by atoms with van der Waals surface area (Å²) in [6.07, 6.45) is 0.864. The molecule has 0 bridgehead atoms. The van der Waals surface area contributed by atoms with Gasteiger partial charge in [0, 0.05) is 38.0 Å². The van der Waals surface area contributed by atoms with Crippen LogP contribution in [0.3, 0.4) is 0 Å². The molecule has 0 heterocycles. The van der Waals surface area contributed by atoms with Crippen molar-refractivity contribution >= 4 is 24.1 Å². The van der Waals surface area contributed by atoms with E-state index in [-0.39, 0.29) is 54.3 Å². The molecule has 2 N–H and O–H groups in total. The maximum Gasteiger partial charge on any atom is 0.222 e. The highest BCUT2D eigenvalue weighted by Gasteiger charge is 2.16. The number of ether oxygens (including phenoxy) is 1. The summed E-state index contributed by atoms with van der Waals surface area (Å²) in [6, 6.07) is 4.09. The molecule has 0 spiro atoms. The molecular formula is C18H28ClFN2O3. The molecule has 25 heavy (non-hydrogen) atoms. The monoisotopic (exact) mass is 374 g/mol. The van der Waals surface area contributed by atoms with Gasteiger partial charge >= 0.3 is 0 Å². The number of nitrogens with zero attached hydrogens (tertiary/aromatic N) is 1. The molecule has 1 aromatic rings. The lowest BCUT2D eigenvalue weighted by Crippen LogP contribution is -2.34. The molecule has 5 nitrogen and oxygen atoms in total. The minimum Gasteiger partial charge on any atom is -0.494 e. The average Bonchev–Trinajstić information content (AvgIpc) is 2.56. The fourth-order valence-electron chi connectivity index (χ4n) is 2.20. The SMILES string of the molecule is COc1ccc(C(=O)CCC(=O)N(C)CCC(N)C(C)C)cc1F.Cl. The highest BCUT2D eigenvalue weighted by atomic mass is 35.5. The number of Topliss-reactive ketones (excluding diaryl/α,β-unsaturated/α-hetero) is 1. The molecule has 0 saturated heterocycles. The summed E-state index contributed by atoms with van der Waals surface area (Å²) < 4.78 is 18.4. The summed E-state index contributed by atoms with van der Waals surface area (Å²) in [5, 5.41) is 0. The van der Waals surface area contributed by atoms with E-state index >= 15 is 0 Å². The predicted octanol–water partition coefficient (Wildman–Crippen LogP) is 3.05. The molecule has 0 aliphatic rings. The Balaban J connectivity index is 0.00000576. The lowest BCUT2D eigenvalue weighted by molar-refractivity contribution is -0.129. The zero-order valence-corrected chi connectivity index (χ0v) is 16.1. The fraction of sp³-hybridized carbons (Fsp3) is 0.556. The maximum absolute atomic E-state index is 13.6. The van der Waals surface area contributed by atoms with Crippen LogP contribution in [0.4, 0.5) is 4.39 Å². The van der Waals surface area contributed by atoms with E-state index in [0.717, 1.165) is 12.5 Å². The summed E-state index contributed by atoms with van der Waals surface area (Å²) in [4.78, 5) is 25.7. The van der Waals surface area contributed by atoms with Gasteiger partial charge in [-0.05, 0) is 30.5 Å². The first-order valence-electron chi connectivity index (χ1n) is 8.12. The number of halogens is 2. The normalized spacial score (nSPS) is 11.6. The number of amides is 1. The third-order valence-electron chi connectivity index (χ3n) is 4.12. The van der Waals surface area contributed by atoms with Crippen LogP contribution in [0.1, 0.15) is 43.5 Å². The van der Waals surface area contributed by atoms with Crippen molar-refractivity contribution in [1.82, 2.24) is 4.90 Å². The van der Waals surface area contributed by atoms with Crippen LogP contribution in [0.5, 0.6) is 5.75 Å². The molecule has 1 aromatic carbocycles. The fourth-order valence-corrected chi connectivity index (χ4v) is 2.20. The molecule has 1 atom stereocenters. The van der Waals surface area contributed by atoms with Gasteiger partial charge in [-0.25, -0.2) is 4.39 Å². The highest BCUT2D eigenvalue weighted by Crippen LogP contribution is 2.19. The Kier molecular flexibility index (Phi) is 10.3. The van der Waals surface area contributed by atoms with Crippen LogP contribution in [0.2, 0.25) is 0 Å². The van der Waals surface area contributed by atoms with Crippen LogP contribution in [0, 0.1) is 11.7 Å². The van der Waals surface area contributed by atoms with Crippen molar-refractivity contribution in [2.45, 2.75) is 39.2 Å². The molecule has 1 rings (SSSR count). The molecule has 7 heteroatoms. The number of carbonyl (C=O) groups is 2. The van der Waals surface area contributed by atoms with Crippen LogP contribution < -0.4 is 10.5 Å². The van der Waals surface area contributed by atoms with Gasteiger partial charge in [0.15, 0.2) is 17.3 Å². The van der Waals surface area contributed by atoms with Crippen molar-refractivity contribution in [1.29, 1.82) is 0 Å². The minimum atomic E-state index is -0.588. The number of methoxy groups -OCH3 is 1. The van der Waals surface area contributed by atoms with Gasteiger partial charge in [0.1, 0.15) is 0 Å². The Labute approximate surface area is 155 Å². The Morgan fingerprint density at radius 1 is 1.28 bits per heavy atom. The van der Waals surface area contributed by atoms with Crippen molar-refractivity contribution in [3.05, 3.63) is 29.6 Å². The lowest BCUT2D eigenvalue weighted by Gasteiger charge is -2.21. The van der Waals surface area contributed by atoms with Gasteiger partial charge in [-0.1, -0.05) is 13.8 Å². The number of hydrogen-bond acceptors (Lipinski definition) is 4. The number of rotatable bonds is 9. The van der Waals surface area contributed by atoms with E-state index in [9.17, 15) is 14.0 Å². The lowest BCUT2D eigenvalue weighted by atomic mass is 10.0. The van der Waals surface area contributed by atoms with Crippen molar-refractivity contribution in [3.8, 4) is 5.75 Å². The Bertz CT molecular complexity index is 581. The van der Waals surface area contributed by atoms with Crippen LogP contribution in [0.25, 0.3) is 0 Å². The number of nitrogens with two attached hydrogens (primary N) is 1. The van der Waals surface area contributed by atoms with Gasteiger partial charge in [0.25, 0.3) is 0 Å². The third kappa shape index (κ3) is 7.40. The molecule has 0 fully saturated rings. The van der Waals surface area contributed by atoms with Crippen LogP contribution in [-0.4, -0.2) is 43.3 Å². The van der Waals surface area contributed by atoms with Crippen molar-refractivity contribution in [2.24, 2.45) is 11.7 Å². The van der Waals surface area contributed by atoms with Gasteiger partial charge in [-0.2, -0.15) is 0 Å². The van der Waals surface area contributed by atoms with E-state index < -0.39 is 5.82 Å². The number of carbonyl (C=O) groups excluding carboxylic acids is 2. The molecule has 0 aliphatic heterocycles. The molecule has 1 amide bonds. The average molecular weight is 375 g/mol. The summed E-state index contributed by atoms with van der Waals surface area (Å²) in [5.41, 5.74) is 6.20. The van der Waals surface area contributed by atoms with E-state index in [1.165, 1.54) is 19.2 Å². The predicted molar refractivity (Wildman–Crippen MR) is 98.8 cm³/mol. The molecule has 0 aliphatic carbocycles. The summed E-state index contributed by atoms with van der Waals surface area (Å²) in [7, 11) is 3.06. The summed E-state index contributed by atoms with van der Waals surface area (Å²) >= 11 is 0. The highest BCUT2D eigenvalue weighted by molar-refractivity contribution is 5.98. The molecular weight excluding hydrogens is 347 g/mol. The van der Waals surface area contributed by atoms with E-state index in [4.69, 9.17) is 10.5 Å². The third-order valence-corrected chi connectivity index (χ3v) is 4.12. The molecule has 1 unspecified atom stereocenters. The van der Waals surface area contributed by atoms with Gasteiger partial charge in [0.2, 0.25) is 5.91 Å².